The highest BCUT2D eigenvalue weighted by Crippen LogP contribution is 2.18. The SMILES string of the molecule is CS(=O)(=O)Nc1ccccc1C(=O)OCCOc1ccc(S(N)(=O)=O)cc1. The zero-order valence-electron chi connectivity index (χ0n) is 14.3. The maximum atomic E-state index is 12.1. The molecule has 3 N–H and O–H groups in total. The van der Waals surface area contributed by atoms with Gasteiger partial charge in [-0.3, -0.25) is 4.72 Å². The standard InChI is InChI=1S/C16H18N2O7S2/c1-26(20,21)18-15-5-3-2-4-14(15)16(19)25-11-10-24-12-6-8-13(9-7-12)27(17,22)23/h2-9,18H,10-11H2,1H3,(H2,17,22,23). The Morgan fingerprint density at radius 2 is 1.63 bits per heavy atom. The molecule has 0 saturated carbocycles. The third kappa shape index (κ3) is 6.55. The van der Waals surface area contributed by atoms with Crippen LogP contribution in [0.5, 0.6) is 5.75 Å². The molecule has 2 aromatic rings. The Hall–Kier alpha value is -2.63. The summed E-state index contributed by atoms with van der Waals surface area (Å²) >= 11 is 0. The van der Waals surface area contributed by atoms with Crippen LogP contribution in [0.15, 0.2) is 53.4 Å². The molecule has 27 heavy (non-hydrogen) atoms. The van der Waals surface area contributed by atoms with E-state index in [0.29, 0.717) is 5.75 Å². The summed E-state index contributed by atoms with van der Waals surface area (Å²) in [5, 5.41) is 5.00. The summed E-state index contributed by atoms with van der Waals surface area (Å²) in [5.41, 5.74) is 0.185. The zero-order chi connectivity index (χ0) is 20.1. The second-order valence-corrected chi connectivity index (χ2v) is 8.73. The normalized spacial score (nSPS) is 11.6. The molecule has 0 bridgehead atoms. The first-order chi connectivity index (χ1) is 12.6. The number of para-hydroxylation sites is 1. The van der Waals surface area contributed by atoms with Gasteiger partial charge in [-0.15, -0.1) is 0 Å². The number of benzene rings is 2. The van der Waals surface area contributed by atoms with Gasteiger partial charge in [0.1, 0.15) is 19.0 Å². The number of carbonyl (C=O) groups is 1. The number of carbonyl (C=O) groups excluding carboxylic acids is 1. The minimum Gasteiger partial charge on any atom is -0.490 e. The molecule has 0 unspecified atom stereocenters. The predicted molar refractivity (Wildman–Crippen MR) is 98.5 cm³/mol. The van der Waals surface area contributed by atoms with E-state index < -0.39 is 26.0 Å². The van der Waals surface area contributed by atoms with Crippen LogP contribution in [0.2, 0.25) is 0 Å². The fourth-order valence-electron chi connectivity index (χ4n) is 2.05. The minimum absolute atomic E-state index is 0.0160. The Kier molecular flexibility index (Phi) is 6.41. The highest BCUT2D eigenvalue weighted by Gasteiger charge is 2.15. The first-order valence-electron chi connectivity index (χ1n) is 7.56. The van der Waals surface area contributed by atoms with Gasteiger partial charge in [-0.05, 0) is 36.4 Å². The van der Waals surface area contributed by atoms with Crippen molar-refractivity contribution in [3.63, 3.8) is 0 Å². The van der Waals surface area contributed by atoms with Gasteiger partial charge in [0.05, 0.1) is 22.4 Å². The third-order valence-corrected chi connectivity index (χ3v) is 4.70. The topological polar surface area (TPSA) is 142 Å². The Labute approximate surface area is 157 Å². The molecule has 0 saturated heterocycles. The molecule has 0 amide bonds. The number of primary sulfonamides is 1. The lowest BCUT2D eigenvalue weighted by Crippen LogP contribution is -2.16. The summed E-state index contributed by atoms with van der Waals surface area (Å²) in [6.45, 7) is -0.0783. The summed E-state index contributed by atoms with van der Waals surface area (Å²) in [7, 11) is -7.32. The second-order valence-electron chi connectivity index (χ2n) is 5.42. The zero-order valence-corrected chi connectivity index (χ0v) is 15.9. The van der Waals surface area contributed by atoms with Crippen molar-refractivity contribution in [3.8, 4) is 5.75 Å². The van der Waals surface area contributed by atoms with Gasteiger partial charge in [0, 0.05) is 0 Å². The molecule has 0 aromatic heterocycles. The number of hydrogen-bond donors (Lipinski definition) is 2. The predicted octanol–water partition coefficient (Wildman–Crippen LogP) is 0.941. The van der Waals surface area contributed by atoms with Crippen molar-refractivity contribution in [2.24, 2.45) is 5.14 Å². The van der Waals surface area contributed by atoms with Crippen molar-refractivity contribution in [2.45, 2.75) is 4.90 Å². The molecule has 11 heteroatoms. The number of rotatable bonds is 8. The molecular formula is C16H18N2O7S2. The fourth-order valence-corrected chi connectivity index (χ4v) is 3.14. The van der Waals surface area contributed by atoms with Gasteiger partial charge >= 0.3 is 5.97 Å². The van der Waals surface area contributed by atoms with Crippen molar-refractivity contribution in [3.05, 3.63) is 54.1 Å². The van der Waals surface area contributed by atoms with Gasteiger partial charge in [0.15, 0.2) is 0 Å². The Morgan fingerprint density at radius 3 is 2.22 bits per heavy atom. The lowest BCUT2D eigenvalue weighted by molar-refractivity contribution is 0.0451. The molecule has 0 atom stereocenters. The molecule has 146 valence electrons. The van der Waals surface area contributed by atoms with Crippen LogP contribution in [0.3, 0.4) is 0 Å². The number of ether oxygens (including phenoxy) is 2. The third-order valence-electron chi connectivity index (χ3n) is 3.18. The summed E-state index contributed by atoms with van der Waals surface area (Å²) in [6.07, 6.45) is 0.976. The maximum absolute atomic E-state index is 12.1. The van der Waals surface area contributed by atoms with E-state index >= 15 is 0 Å². The van der Waals surface area contributed by atoms with Crippen LogP contribution >= 0.6 is 0 Å². The highest BCUT2D eigenvalue weighted by atomic mass is 32.2. The molecule has 0 aliphatic rings. The lowest BCUT2D eigenvalue weighted by Gasteiger charge is -2.11. The van der Waals surface area contributed by atoms with Crippen LogP contribution in [-0.2, 0) is 24.8 Å². The minimum atomic E-state index is -3.78. The molecule has 2 aromatic carbocycles. The average Bonchev–Trinajstić information content (AvgIpc) is 2.57. The van der Waals surface area contributed by atoms with Crippen LogP contribution in [0.1, 0.15) is 10.4 Å². The Balaban J connectivity index is 1.90. The summed E-state index contributed by atoms with van der Waals surface area (Å²) in [5.74, 6) is -0.340. The van der Waals surface area contributed by atoms with Crippen LogP contribution in [0.4, 0.5) is 5.69 Å². The molecule has 0 aliphatic heterocycles. The average molecular weight is 414 g/mol. The van der Waals surface area contributed by atoms with E-state index in [1.54, 1.807) is 12.1 Å². The molecular weight excluding hydrogens is 396 g/mol. The molecule has 0 spiro atoms. The van der Waals surface area contributed by atoms with Crippen LogP contribution in [0, 0.1) is 0 Å². The van der Waals surface area contributed by atoms with Gasteiger partial charge in [-0.2, -0.15) is 0 Å². The van der Waals surface area contributed by atoms with Crippen LogP contribution in [0.25, 0.3) is 0 Å². The van der Waals surface area contributed by atoms with Gasteiger partial charge in [0.2, 0.25) is 20.0 Å². The maximum Gasteiger partial charge on any atom is 0.340 e. The smallest absolute Gasteiger partial charge is 0.340 e. The van der Waals surface area contributed by atoms with E-state index in [1.165, 1.54) is 36.4 Å². The summed E-state index contributed by atoms with van der Waals surface area (Å²) in [6, 6.07) is 11.5. The highest BCUT2D eigenvalue weighted by molar-refractivity contribution is 7.92. The van der Waals surface area contributed by atoms with E-state index in [0.717, 1.165) is 6.26 Å². The Morgan fingerprint density at radius 1 is 1.00 bits per heavy atom. The van der Waals surface area contributed by atoms with Gasteiger partial charge in [-0.25, -0.2) is 26.8 Å². The van der Waals surface area contributed by atoms with E-state index in [2.05, 4.69) is 4.72 Å². The number of nitrogens with two attached hydrogens (primary N) is 1. The van der Waals surface area contributed by atoms with Crippen molar-refractivity contribution in [1.82, 2.24) is 0 Å². The van der Waals surface area contributed by atoms with Crippen LogP contribution < -0.4 is 14.6 Å². The first-order valence-corrected chi connectivity index (χ1v) is 11.0. The van der Waals surface area contributed by atoms with E-state index in [-0.39, 0.29) is 29.4 Å². The van der Waals surface area contributed by atoms with E-state index in [1.807, 2.05) is 0 Å². The molecule has 9 nitrogen and oxygen atoms in total. The van der Waals surface area contributed by atoms with Crippen molar-refractivity contribution >= 4 is 31.7 Å². The van der Waals surface area contributed by atoms with Crippen molar-refractivity contribution < 1.29 is 31.1 Å². The summed E-state index contributed by atoms with van der Waals surface area (Å²) < 4.78 is 57.7. The van der Waals surface area contributed by atoms with Gasteiger partial charge in [-0.1, -0.05) is 12.1 Å². The van der Waals surface area contributed by atoms with Crippen molar-refractivity contribution in [1.29, 1.82) is 0 Å². The van der Waals surface area contributed by atoms with Gasteiger partial charge in [0.25, 0.3) is 0 Å². The van der Waals surface area contributed by atoms with Crippen molar-refractivity contribution in [2.75, 3.05) is 24.2 Å². The monoisotopic (exact) mass is 414 g/mol. The molecule has 0 heterocycles. The molecule has 0 fully saturated rings. The summed E-state index contributed by atoms with van der Waals surface area (Å²) in [4.78, 5) is 12.1. The first kappa shape index (κ1) is 20.7. The van der Waals surface area contributed by atoms with E-state index in [9.17, 15) is 21.6 Å². The molecule has 0 radical (unpaired) electrons. The van der Waals surface area contributed by atoms with Gasteiger partial charge < -0.3 is 9.47 Å². The molecule has 2 rings (SSSR count). The second kappa shape index (κ2) is 8.37. The number of esters is 1. The fraction of sp³-hybridized carbons (Fsp3) is 0.188. The quantitative estimate of drug-likeness (QED) is 0.483. The number of anilines is 1. The largest absolute Gasteiger partial charge is 0.490 e. The van der Waals surface area contributed by atoms with Crippen LogP contribution in [-0.4, -0.2) is 42.3 Å². The number of nitrogens with one attached hydrogen (secondary N) is 1. The number of hydrogen-bond acceptors (Lipinski definition) is 7. The van der Waals surface area contributed by atoms with E-state index in [4.69, 9.17) is 14.6 Å². The lowest BCUT2D eigenvalue weighted by atomic mass is 10.2. The molecule has 0 aliphatic carbocycles. The number of sulfonamides is 2. The Bertz CT molecular complexity index is 1020.